The first kappa shape index (κ1) is 19.7. The first-order valence-corrected chi connectivity index (χ1v) is 8.76. The Morgan fingerprint density at radius 3 is 2.54 bits per heavy atom. The van der Waals surface area contributed by atoms with Crippen LogP contribution in [0.25, 0.3) is 10.2 Å². The predicted octanol–water partition coefficient (Wildman–Crippen LogP) is 4.39. The van der Waals surface area contributed by atoms with Gasteiger partial charge in [0, 0.05) is 6.07 Å². The number of anilines is 1. The van der Waals surface area contributed by atoms with Crippen molar-refractivity contribution in [1.29, 1.82) is 0 Å². The van der Waals surface area contributed by atoms with Crippen LogP contribution in [0.5, 0.6) is 17.2 Å². The van der Waals surface area contributed by atoms with Crippen molar-refractivity contribution in [2.75, 3.05) is 19.5 Å². The van der Waals surface area contributed by atoms with Gasteiger partial charge in [-0.3, -0.25) is 4.79 Å². The average Bonchev–Trinajstić information content (AvgIpc) is 3.01. The lowest BCUT2D eigenvalue weighted by Crippen LogP contribution is -2.16. The third-order valence-electron chi connectivity index (χ3n) is 3.65. The molecule has 2 aromatic carbocycles. The quantitative estimate of drug-likeness (QED) is 0.650. The SMILES string of the molecule is COc1ccc(CC(=O)Nc2nc3ccc(OC(F)(F)F)cc3s2)cc1OC. The van der Waals surface area contributed by atoms with Gasteiger partial charge >= 0.3 is 6.36 Å². The van der Waals surface area contributed by atoms with Crippen LogP contribution in [0.15, 0.2) is 36.4 Å². The first-order valence-electron chi connectivity index (χ1n) is 7.94. The molecule has 6 nitrogen and oxygen atoms in total. The number of nitrogens with zero attached hydrogens (tertiary/aromatic N) is 1. The van der Waals surface area contributed by atoms with E-state index in [4.69, 9.17) is 9.47 Å². The zero-order valence-electron chi connectivity index (χ0n) is 14.8. The van der Waals surface area contributed by atoms with E-state index in [0.717, 1.165) is 11.3 Å². The van der Waals surface area contributed by atoms with E-state index in [-0.39, 0.29) is 23.2 Å². The number of alkyl halides is 3. The molecule has 0 aliphatic heterocycles. The van der Waals surface area contributed by atoms with E-state index in [1.807, 2.05) is 0 Å². The topological polar surface area (TPSA) is 69.7 Å². The van der Waals surface area contributed by atoms with Gasteiger partial charge in [-0.2, -0.15) is 0 Å². The van der Waals surface area contributed by atoms with Gasteiger partial charge in [-0.25, -0.2) is 4.98 Å². The molecule has 0 fully saturated rings. The van der Waals surface area contributed by atoms with Crippen molar-refractivity contribution in [3.8, 4) is 17.2 Å². The molecule has 10 heteroatoms. The predicted molar refractivity (Wildman–Crippen MR) is 98.2 cm³/mol. The average molecular weight is 412 g/mol. The van der Waals surface area contributed by atoms with Gasteiger partial charge in [-0.1, -0.05) is 17.4 Å². The summed E-state index contributed by atoms with van der Waals surface area (Å²) in [6.07, 6.45) is -4.70. The highest BCUT2D eigenvalue weighted by Gasteiger charge is 2.31. The number of thiazole rings is 1. The molecular weight excluding hydrogens is 397 g/mol. The molecule has 28 heavy (non-hydrogen) atoms. The molecule has 0 saturated heterocycles. The van der Waals surface area contributed by atoms with Crippen LogP contribution in [0.3, 0.4) is 0 Å². The number of amides is 1. The van der Waals surface area contributed by atoms with Gasteiger partial charge < -0.3 is 19.5 Å². The van der Waals surface area contributed by atoms with Crippen LogP contribution >= 0.6 is 11.3 Å². The monoisotopic (exact) mass is 412 g/mol. The molecule has 1 N–H and O–H groups in total. The lowest BCUT2D eigenvalue weighted by atomic mass is 10.1. The van der Waals surface area contributed by atoms with Crippen LogP contribution in [0, 0.1) is 0 Å². The largest absolute Gasteiger partial charge is 0.573 e. The number of fused-ring (bicyclic) bond motifs is 1. The minimum atomic E-state index is -4.77. The maximum atomic E-state index is 12.3. The molecule has 0 bridgehead atoms. The summed E-state index contributed by atoms with van der Waals surface area (Å²) < 4.78 is 51.7. The first-order chi connectivity index (χ1) is 13.3. The Morgan fingerprint density at radius 1 is 1.11 bits per heavy atom. The molecule has 0 radical (unpaired) electrons. The van der Waals surface area contributed by atoms with E-state index in [1.165, 1.54) is 32.4 Å². The highest BCUT2D eigenvalue weighted by atomic mass is 32.1. The summed E-state index contributed by atoms with van der Waals surface area (Å²) in [5, 5.41) is 2.93. The third kappa shape index (κ3) is 4.83. The van der Waals surface area contributed by atoms with Crippen molar-refractivity contribution >= 4 is 32.6 Å². The van der Waals surface area contributed by atoms with Crippen molar-refractivity contribution in [3.63, 3.8) is 0 Å². The summed E-state index contributed by atoms with van der Waals surface area (Å²) in [4.78, 5) is 16.5. The number of carbonyl (C=O) groups is 1. The van der Waals surface area contributed by atoms with Gasteiger partial charge in [0.25, 0.3) is 0 Å². The Bertz CT molecular complexity index is 1000. The molecule has 0 unspecified atom stereocenters. The minimum Gasteiger partial charge on any atom is -0.493 e. The summed E-state index contributed by atoms with van der Waals surface area (Å²) >= 11 is 1.05. The summed E-state index contributed by atoms with van der Waals surface area (Å²) in [7, 11) is 3.02. The molecule has 0 aliphatic rings. The number of hydrogen-bond acceptors (Lipinski definition) is 6. The molecule has 0 saturated carbocycles. The number of methoxy groups -OCH3 is 2. The zero-order chi connectivity index (χ0) is 20.3. The summed E-state index contributed by atoms with van der Waals surface area (Å²) in [6.45, 7) is 0. The van der Waals surface area contributed by atoms with Crippen LogP contribution in [0.1, 0.15) is 5.56 Å². The number of hydrogen-bond donors (Lipinski definition) is 1. The van der Waals surface area contributed by atoms with Crippen LogP contribution in [0.2, 0.25) is 0 Å². The van der Waals surface area contributed by atoms with E-state index in [1.54, 1.807) is 18.2 Å². The summed E-state index contributed by atoms with van der Waals surface area (Å²) in [6, 6.07) is 8.92. The fourth-order valence-electron chi connectivity index (χ4n) is 2.49. The molecule has 0 atom stereocenters. The van der Waals surface area contributed by atoms with Crippen molar-refractivity contribution in [3.05, 3.63) is 42.0 Å². The molecule has 0 spiro atoms. The van der Waals surface area contributed by atoms with E-state index in [2.05, 4.69) is 15.0 Å². The number of nitrogens with one attached hydrogen (secondary N) is 1. The van der Waals surface area contributed by atoms with Gasteiger partial charge in [0.05, 0.1) is 30.9 Å². The molecule has 1 heterocycles. The van der Waals surface area contributed by atoms with Crippen LogP contribution < -0.4 is 19.5 Å². The minimum absolute atomic E-state index is 0.0682. The highest BCUT2D eigenvalue weighted by molar-refractivity contribution is 7.22. The van der Waals surface area contributed by atoms with Crippen molar-refractivity contribution in [2.24, 2.45) is 0 Å². The number of carbonyl (C=O) groups excluding carboxylic acids is 1. The summed E-state index contributed by atoms with van der Waals surface area (Å²) in [5.74, 6) is 0.393. The molecule has 148 valence electrons. The van der Waals surface area contributed by atoms with Crippen molar-refractivity contribution in [2.45, 2.75) is 12.8 Å². The van der Waals surface area contributed by atoms with Crippen LogP contribution in [-0.2, 0) is 11.2 Å². The second-order valence-corrected chi connectivity index (χ2v) is 6.64. The molecule has 0 aliphatic carbocycles. The number of rotatable bonds is 6. The molecule has 3 rings (SSSR count). The van der Waals surface area contributed by atoms with Crippen LogP contribution in [0.4, 0.5) is 18.3 Å². The number of halogens is 3. The summed E-state index contributed by atoms with van der Waals surface area (Å²) in [5.41, 5.74) is 1.16. The van der Waals surface area contributed by atoms with Gasteiger partial charge in [0.2, 0.25) is 5.91 Å². The van der Waals surface area contributed by atoms with E-state index < -0.39 is 6.36 Å². The maximum Gasteiger partial charge on any atom is 0.573 e. The standard InChI is InChI=1S/C18H15F3N2O4S/c1-25-13-6-3-10(7-14(13)26-2)8-16(24)23-17-22-12-5-4-11(9-15(12)28-17)27-18(19,20)21/h3-7,9H,8H2,1-2H3,(H,22,23,24). The number of aromatic nitrogens is 1. The van der Waals surface area contributed by atoms with E-state index >= 15 is 0 Å². The van der Waals surface area contributed by atoms with E-state index in [9.17, 15) is 18.0 Å². The van der Waals surface area contributed by atoms with Crippen molar-refractivity contribution < 1.29 is 32.2 Å². The lowest BCUT2D eigenvalue weighted by molar-refractivity contribution is -0.274. The van der Waals surface area contributed by atoms with E-state index in [0.29, 0.717) is 27.3 Å². The Hall–Kier alpha value is -3.01. The Morgan fingerprint density at radius 2 is 1.86 bits per heavy atom. The molecule has 1 amide bonds. The van der Waals surface area contributed by atoms with Crippen molar-refractivity contribution in [1.82, 2.24) is 4.98 Å². The molecular formula is C18H15F3N2O4S. The number of ether oxygens (including phenoxy) is 3. The van der Waals surface area contributed by atoms with Gasteiger partial charge in [0.15, 0.2) is 16.6 Å². The van der Waals surface area contributed by atoms with Gasteiger partial charge in [0.1, 0.15) is 5.75 Å². The lowest BCUT2D eigenvalue weighted by Gasteiger charge is -2.09. The van der Waals surface area contributed by atoms with Gasteiger partial charge in [-0.15, -0.1) is 13.2 Å². The Labute approximate surface area is 161 Å². The molecule has 3 aromatic rings. The van der Waals surface area contributed by atoms with Gasteiger partial charge in [-0.05, 0) is 29.8 Å². The smallest absolute Gasteiger partial charge is 0.493 e. The molecule has 1 aromatic heterocycles. The zero-order valence-corrected chi connectivity index (χ0v) is 15.6. The highest BCUT2D eigenvalue weighted by Crippen LogP contribution is 2.32. The fourth-order valence-corrected chi connectivity index (χ4v) is 3.41. The Balaban J connectivity index is 1.71. The van der Waals surface area contributed by atoms with Crippen LogP contribution in [-0.4, -0.2) is 31.5 Å². The number of benzene rings is 2. The second-order valence-electron chi connectivity index (χ2n) is 5.61. The second kappa shape index (κ2) is 7.93. The Kier molecular flexibility index (Phi) is 5.59. The maximum absolute atomic E-state index is 12.3. The fraction of sp³-hybridized carbons (Fsp3) is 0.222. The third-order valence-corrected chi connectivity index (χ3v) is 4.59. The normalized spacial score (nSPS) is 11.3.